The van der Waals surface area contributed by atoms with Gasteiger partial charge in [0.25, 0.3) is 5.56 Å². The number of benzene rings is 2. The van der Waals surface area contributed by atoms with E-state index in [0.717, 1.165) is 4.68 Å². The molecule has 3 rings (SSSR count). The Morgan fingerprint density at radius 3 is 2.39 bits per heavy atom. The van der Waals surface area contributed by atoms with Gasteiger partial charge in [0, 0.05) is 5.56 Å². The van der Waals surface area contributed by atoms with Crippen molar-refractivity contribution in [2.24, 2.45) is 0 Å². The molecule has 1 heterocycles. The van der Waals surface area contributed by atoms with Gasteiger partial charge in [0.05, 0.1) is 18.4 Å². The topological polar surface area (TPSA) is 122 Å². The van der Waals surface area contributed by atoms with Gasteiger partial charge in [-0.05, 0) is 36.2 Å². The first kappa shape index (κ1) is 21.2. The van der Waals surface area contributed by atoms with Gasteiger partial charge >= 0.3 is 11.9 Å². The van der Waals surface area contributed by atoms with E-state index in [-0.39, 0.29) is 11.1 Å². The molecule has 8 nitrogen and oxygen atoms in total. The first-order chi connectivity index (χ1) is 14.9. The lowest BCUT2D eigenvalue weighted by Crippen LogP contribution is -2.28. The van der Waals surface area contributed by atoms with Gasteiger partial charge in [-0.1, -0.05) is 42.5 Å². The third kappa shape index (κ3) is 4.26. The van der Waals surface area contributed by atoms with Gasteiger partial charge in [0.2, 0.25) is 0 Å². The summed E-state index contributed by atoms with van der Waals surface area (Å²) in [5.74, 6) is -1.86. The number of para-hydroxylation sites is 1. The highest BCUT2D eigenvalue weighted by Gasteiger charge is 2.21. The fourth-order valence-corrected chi connectivity index (χ4v) is 2.96. The van der Waals surface area contributed by atoms with Crippen molar-refractivity contribution in [1.82, 2.24) is 9.78 Å². The van der Waals surface area contributed by atoms with Crippen molar-refractivity contribution < 1.29 is 19.4 Å². The maximum absolute atomic E-state index is 12.9. The van der Waals surface area contributed by atoms with E-state index in [1.807, 2.05) is 6.07 Å². The van der Waals surface area contributed by atoms with E-state index in [2.05, 4.69) is 9.84 Å². The maximum atomic E-state index is 12.9. The van der Waals surface area contributed by atoms with Gasteiger partial charge in [0.1, 0.15) is 11.6 Å². The standard InChI is InChI=1S/C23H17N3O5/c1-14-5-3-4-6-19(14)26-21(27)18(13-24)17(20(25-26)22(28)29)12-9-15-7-10-16(11-8-15)23(30)31-2/h3-12H,1-2H3,(H,28,29)/b12-9-. The van der Waals surface area contributed by atoms with Crippen molar-refractivity contribution in [2.45, 2.75) is 6.92 Å². The normalized spacial score (nSPS) is 10.6. The Morgan fingerprint density at radius 1 is 1.13 bits per heavy atom. The summed E-state index contributed by atoms with van der Waals surface area (Å²) in [5.41, 5.74) is 0.484. The number of aromatic nitrogens is 2. The second-order valence-electron chi connectivity index (χ2n) is 6.50. The average molecular weight is 415 g/mol. The minimum Gasteiger partial charge on any atom is -0.476 e. The highest BCUT2D eigenvalue weighted by Crippen LogP contribution is 2.17. The number of nitriles is 1. The number of carbonyl (C=O) groups excluding carboxylic acids is 1. The Bertz CT molecular complexity index is 1300. The van der Waals surface area contributed by atoms with Crippen LogP contribution >= 0.6 is 0 Å². The zero-order valence-electron chi connectivity index (χ0n) is 16.7. The molecule has 0 saturated carbocycles. The van der Waals surface area contributed by atoms with Crippen molar-refractivity contribution in [2.75, 3.05) is 7.11 Å². The highest BCUT2D eigenvalue weighted by molar-refractivity contribution is 5.93. The van der Waals surface area contributed by atoms with E-state index < -0.39 is 23.2 Å². The minimum atomic E-state index is -1.38. The molecule has 31 heavy (non-hydrogen) atoms. The molecule has 2 aromatic carbocycles. The van der Waals surface area contributed by atoms with Crippen LogP contribution < -0.4 is 5.56 Å². The summed E-state index contributed by atoms with van der Waals surface area (Å²) in [6, 6.07) is 15.0. The van der Waals surface area contributed by atoms with Crippen LogP contribution in [0.15, 0.2) is 53.3 Å². The smallest absolute Gasteiger partial charge is 0.357 e. The molecule has 0 aliphatic heterocycles. The second kappa shape index (κ2) is 8.88. The van der Waals surface area contributed by atoms with E-state index in [1.54, 1.807) is 55.5 Å². The lowest BCUT2D eigenvalue weighted by Gasteiger charge is -2.11. The van der Waals surface area contributed by atoms with Crippen LogP contribution in [0.4, 0.5) is 0 Å². The molecular formula is C23H17N3O5. The summed E-state index contributed by atoms with van der Waals surface area (Å²) < 4.78 is 5.57. The van der Waals surface area contributed by atoms with E-state index >= 15 is 0 Å². The fourth-order valence-electron chi connectivity index (χ4n) is 2.96. The molecule has 0 bridgehead atoms. The Kier molecular flexibility index (Phi) is 6.07. The average Bonchev–Trinajstić information content (AvgIpc) is 2.78. The van der Waals surface area contributed by atoms with E-state index in [9.17, 15) is 24.8 Å². The monoisotopic (exact) mass is 415 g/mol. The molecule has 0 aliphatic rings. The predicted molar refractivity (Wildman–Crippen MR) is 113 cm³/mol. The summed E-state index contributed by atoms with van der Waals surface area (Å²) in [6.07, 6.45) is 2.88. The largest absolute Gasteiger partial charge is 0.476 e. The maximum Gasteiger partial charge on any atom is 0.357 e. The molecule has 0 aliphatic carbocycles. The van der Waals surface area contributed by atoms with Crippen molar-refractivity contribution in [3.05, 3.63) is 92.4 Å². The molecule has 1 N–H and O–H groups in total. The molecule has 0 radical (unpaired) electrons. The molecule has 0 spiro atoms. The van der Waals surface area contributed by atoms with Gasteiger partial charge in [-0.2, -0.15) is 15.0 Å². The second-order valence-corrected chi connectivity index (χ2v) is 6.50. The molecule has 154 valence electrons. The van der Waals surface area contributed by atoms with Gasteiger partial charge in [0.15, 0.2) is 5.69 Å². The SMILES string of the molecule is COC(=O)c1ccc(/C=C\c2c(C(=O)O)nn(-c3ccccc3C)c(=O)c2C#N)cc1. The lowest BCUT2D eigenvalue weighted by atomic mass is 10.1. The molecule has 0 unspecified atom stereocenters. The lowest BCUT2D eigenvalue weighted by molar-refractivity contribution is 0.0599. The number of carboxylic acid groups (broad SMARTS) is 1. The quantitative estimate of drug-likeness (QED) is 0.635. The molecule has 0 fully saturated rings. The molecule has 8 heteroatoms. The van der Waals surface area contributed by atoms with Crippen LogP contribution in [0.25, 0.3) is 17.8 Å². The van der Waals surface area contributed by atoms with Gasteiger partial charge in [-0.3, -0.25) is 4.79 Å². The fraction of sp³-hybridized carbons (Fsp3) is 0.0870. The van der Waals surface area contributed by atoms with Crippen LogP contribution in [0, 0.1) is 18.3 Å². The number of rotatable bonds is 5. The van der Waals surface area contributed by atoms with Crippen molar-refractivity contribution >= 4 is 24.1 Å². The number of hydrogen-bond donors (Lipinski definition) is 1. The Morgan fingerprint density at radius 2 is 1.81 bits per heavy atom. The van der Waals surface area contributed by atoms with Gasteiger partial charge in [-0.25, -0.2) is 9.59 Å². The Labute approximate surface area is 177 Å². The number of aryl methyl sites for hydroxylation is 1. The van der Waals surface area contributed by atoms with E-state index in [1.165, 1.54) is 19.3 Å². The summed E-state index contributed by atoms with van der Waals surface area (Å²) >= 11 is 0. The van der Waals surface area contributed by atoms with E-state index in [0.29, 0.717) is 22.4 Å². The number of aromatic carboxylic acids is 1. The van der Waals surface area contributed by atoms with Crippen molar-refractivity contribution in [3.63, 3.8) is 0 Å². The number of hydrogen-bond acceptors (Lipinski definition) is 6. The first-order valence-corrected chi connectivity index (χ1v) is 9.10. The molecular weight excluding hydrogens is 398 g/mol. The van der Waals surface area contributed by atoms with Crippen LogP contribution in [0.2, 0.25) is 0 Å². The molecule has 0 amide bonds. The molecule has 1 aromatic heterocycles. The van der Waals surface area contributed by atoms with Crippen molar-refractivity contribution in [3.8, 4) is 11.8 Å². The van der Waals surface area contributed by atoms with Crippen LogP contribution in [-0.4, -0.2) is 33.9 Å². The molecule has 0 saturated heterocycles. The zero-order chi connectivity index (χ0) is 22.5. The summed E-state index contributed by atoms with van der Waals surface area (Å²) in [4.78, 5) is 36.3. The third-order valence-corrected chi connectivity index (χ3v) is 4.56. The number of carbonyl (C=O) groups is 2. The Hall–Kier alpha value is -4.51. The predicted octanol–water partition coefficient (Wildman–Crippen LogP) is 3.07. The van der Waals surface area contributed by atoms with Crippen LogP contribution in [0.1, 0.15) is 43.1 Å². The summed E-state index contributed by atoms with van der Waals surface area (Å²) in [7, 11) is 1.28. The molecule has 3 aromatic rings. The van der Waals surface area contributed by atoms with Crippen LogP contribution in [0.3, 0.4) is 0 Å². The summed E-state index contributed by atoms with van der Waals surface area (Å²) in [6.45, 7) is 1.75. The number of nitrogens with zero attached hydrogens (tertiary/aromatic N) is 3. The van der Waals surface area contributed by atoms with Crippen LogP contribution in [0.5, 0.6) is 0 Å². The van der Waals surface area contributed by atoms with Gasteiger partial charge in [-0.15, -0.1) is 0 Å². The first-order valence-electron chi connectivity index (χ1n) is 9.10. The number of carboxylic acids is 1. The zero-order valence-corrected chi connectivity index (χ0v) is 16.7. The molecule has 0 atom stereocenters. The van der Waals surface area contributed by atoms with Gasteiger partial charge < -0.3 is 9.84 Å². The highest BCUT2D eigenvalue weighted by atomic mass is 16.5. The van der Waals surface area contributed by atoms with Crippen LogP contribution in [-0.2, 0) is 4.74 Å². The van der Waals surface area contributed by atoms with Crippen molar-refractivity contribution in [1.29, 1.82) is 5.26 Å². The number of methoxy groups -OCH3 is 1. The minimum absolute atomic E-state index is 0.0955. The number of ether oxygens (including phenoxy) is 1. The van der Waals surface area contributed by atoms with E-state index in [4.69, 9.17) is 0 Å². The third-order valence-electron chi connectivity index (χ3n) is 4.56. The summed E-state index contributed by atoms with van der Waals surface area (Å²) in [5, 5.41) is 23.3. The number of esters is 1. The Balaban J connectivity index is 2.13.